The number of anilines is 1. The van der Waals surface area contributed by atoms with E-state index in [1.807, 2.05) is 0 Å². The van der Waals surface area contributed by atoms with Gasteiger partial charge in [-0.05, 0) is 55.0 Å². The molecule has 0 radical (unpaired) electrons. The smallest absolute Gasteiger partial charge is 0.191 e. The van der Waals surface area contributed by atoms with Gasteiger partial charge in [0.15, 0.2) is 5.96 Å². The number of ether oxygens (including phenoxy) is 1. The molecule has 5 nitrogen and oxygen atoms in total. The molecular weight excluding hydrogens is 368 g/mol. The molecule has 0 amide bonds. The summed E-state index contributed by atoms with van der Waals surface area (Å²) in [6.45, 7) is 7.93. The van der Waals surface area contributed by atoms with Crippen molar-refractivity contribution in [2.24, 2.45) is 4.99 Å². The van der Waals surface area contributed by atoms with E-state index in [0.717, 1.165) is 31.3 Å². The molecule has 0 saturated heterocycles. The van der Waals surface area contributed by atoms with Gasteiger partial charge in [-0.2, -0.15) is 0 Å². The zero-order chi connectivity index (χ0) is 20.2. The first-order chi connectivity index (χ1) is 13.7. The van der Waals surface area contributed by atoms with Crippen LogP contribution in [0.3, 0.4) is 0 Å². The third-order valence-electron chi connectivity index (χ3n) is 4.24. The normalized spacial score (nSPS) is 11.4. The Balaban J connectivity index is 1.94. The fourth-order valence-electron chi connectivity index (χ4n) is 2.71. The molecule has 0 aliphatic carbocycles. The Kier molecular flexibility index (Phi) is 9.72. The Labute approximate surface area is 173 Å². The first kappa shape index (κ1) is 22.1. The van der Waals surface area contributed by atoms with E-state index in [-0.39, 0.29) is 0 Å². The molecule has 152 valence electrons. The second-order valence-corrected chi connectivity index (χ2v) is 7.33. The molecule has 0 aliphatic rings. The summed E-state index contributed by atoms with van der Waals surface area (Å²) in [5.74, 6) is 0.831. The van der Waals surface area contributed by atoms with Crippen molar-refractivity contribution in [2.45, 2.75) is 31.8 Å². The van der Waals surface area contributed by atoms with Crippen LogP contribution in [0.5, 0.6) is 0 Å². The number of hydrogen-bond acceptors (Lipinski definition) is 4. The molecule has 0 atom stereocenters. The van der Waals surface area contributed by atoms with Crippen molar-refractivity contribution in [3.05, 3.63) is 59.2 Å². The number of guanidine groups is 1. The number of nitrogens with zero attached hydrogens (tertiary/aromatic N) is 1. The van der Waals surface area contributed by atoms with Crippen molar-refractivity contribution in [2.75, 3.05) is 38.4 Å². The summed E-state index contributed by atoms with van der Waals surface area (Å²) in [5, 5.41) is 10.1. The molecule has 28 heavy (non-hydrogen) atoms. The van der Waals surface area contributed by atoms with Crippen LogP contribution in [-0.4, -0.2) is 39.0 Å². The summed E-state index contributed by atoms with van der Waals surface area (Å²) >= 11 is 1.78. The van der Waals surface area contributed by atoms with Crippen molar-refractivity contribution < 1.29 is 4.74 Å². The molecule has 0 fully saturated rings. The third kappa shape index (κ3) is 7.44. The van der Waals surface area contributed by atoms with Crippen LogP contribution in [0.25, 0.3) is 0 Å². The van der Waals surface area contributed by atoms with Crippen LogP contribution in [0.15, 0.2) is 52.4 Å². The zero-order valence-corrected chi connectivity index (χ0v) is 18.2. The standard InChI is InChI=1S/C22H32N4OS/c1-5-23-22(26-16-19-9-6-17(2)14-21(19)28-4)25-15-18-7-10-20(11-8-18)24-12-13-27-3/h6-11,14,24H,5,12-13,15-16H2,1-4H3,(H2,23,25,26). The van der Waals surface area contributed by atoms with E-state index in [1.54, 1.807) is 18.9 Å². The second kappa shape index (κ2) is 12.3. The minimum Gasteiger partial charge on any atom is -0.383 e. The molecule has 2 rings (SSSR count). The van der Waals surface area contributed by atoms with Gasteiger partial charge in [0.05, 0.1) is 13.2 Å². The van der Waals surface area contributed by atoms with Crippen LogP contribution in [0.2, 0.25) is 0 Å². The van der Waals surface area contributed by atoms with Crippen LogP contribution < -0.4 is 16.0 Å². The number of hydrogen-bond donors (Lipinski definition) is 3. The quantitative estimate of drug-likeness (QED) is 0.243. The largest absolute Gasteiger partial charge is 0.383 e. The fourth-order valence-corrected chi connectivity index (χ4v) is 3.42. The first-order valence-electron chi connectivity index (χ1n) is 9.63. The minimum absolute atomic E-state index is 0.636. The molecule has 6 heteroatoms. The highest BCUT2D eigenvalue weighted by atomic mass is 32.2. The molecule has 0 unspecified atom stereocenters. The van der Waals surface area contributed by atoms with Gasteiger partial charge >= 0.3 is 0 Å². The van der Waals surface area contributed by atoms with E-state index in [9.17, 15) is 0 Å². The lowest BCUT2D eigenvalue weighted by molar-refractivity contribution is 0.211. The van der Waals surface area contributed by atoms with Gasteiger partial charge in [-0.3, -0.25) is 0 Å². The Morgan fingerprint density at radius 2 is 1.89 bits per heavy atom. The van der Waals surface area contributed by atoms with Crippen LogP contribution >= 0.6 is 11.8 Å². The van der Waals surface area contributed by atoms with E-state index in [1.165, 1.54) is 21.6 Å². The predicted molar refractivity (Wildman–Crippen MR) is 121 cm³/mol. The Morgan fingerprint density at radius 3 is 2.57 bits per heavy atom. The van der Waals surface area contributed by atoms with Gasteiger partial charge in [0.1, 0.15) is 0 Å². The average Bonchev–Trinajstić information content (AvgIpc) is 2.71. The maximum atomic E-state index is 5.05. The molecule has 3 N–H and O–H groups in total. The summed E-state index contributed by atoms with van der Waals surface area (Å²) in [4.78, 5) is 6.03. The number of nitrogens with one attached hydrogen (secondary N) is 3. The zero-order valence-electron chi connectivity index (χ0n) is 17.3. The average molecular weight is 401 g/mol. The van der Waals surface area contributed by atoms with Gasteiger partial charge in [-0.15, -0.1) is 11.8 Å². The summed E-state index contributed by atoms with van der Waals surface area (Å²) in [7, 11) is 1.71. The highest BCUT2D eigenvalue weighted by molar-refractivity contribution is 7.98. The van der Waals surface area contributed by atoms with E-state index < -0.39 is 0 Å². The van der Waals surface area contributed by atoms with Crippen LogP contribution in [0.1, 0.15) is 23.6 Å². The van der Waals surface area contributed by atoms with Crippen LogP contribution in [0.4, 0.5) is 5.69 Å². The van der Waals surface area contributed by atoms with E-state index in [4.69, 9.17) is 9.73 Å². The molecule has 0 aromatic heterocycles. The Hall–Kier alpha value is -2.18. The summed E-state index contributed by atoms with van der Waals surface area (Å²) in [5.41, 5.74) is 4.84. The highest BCUT2D eigenvalue weighted by Crippen LogP contribution is 2.21. The molecular formula is C22H32N4OS. The number of benzene rings is 2. The number of thioether (sulfide) groups is 1. The molecule has 0 bridgehead atoms. The molecule has 0 saturated carbocycles. The SMILES string of the molecule is CCNC(=NCc1ccc(NCCOC)cc1)NCc1ccc(C)cc1SC. The van der Waals surface area contributed by atoms with Gasteiger partial charge in [-0.1, -0.05) is 24.3 Å². The monoisotopic (exact) mass is 400 g/mol. The Morgan fingerprint density at radius 1 is 1.11 bits per heavy atom. The van der Waals surface area contributed by atoms with Gasteiger partial charge in [-0.25, -0.2) is 4.99 Å². The first-order valence-corrected chi connectivity index (χ1v) is 10.9. The molecule has 0 aliphatic heterocycles. The lowest BCUT2D eigenvalue weighted by atomic mass is 10.1. The van der Waals surface area contributed by atoms with Gasteiger partial charge in [0.25, 0.3) is 0 Å². The van der Waals surface area contributed by atoms with Crippen molar-refractivity contribution in [3.63, 3.8) is 0 Å². The summed E-state index contributed by atoms with van der Waals surface area (Å²) < 4.78 is 5.05. The van der Waals surface area contributed by atoms with Crippen molar-refractivity contribution >= 4 is 23.4 Å². The van der Waals surface area contributed by atoms with Crippen LogP contribution in [0, 0.1) is 6.92 Å². The van der Waals surface area contributed by atoms with E-state index >= 15 is 0 Å². The summed E-state index contributed by atoms with van der Waals surface area (Å²) in [6.07, 6.45) is 2.12. The van der Waals surface area contributed by atoms with E-state index in [2.05, 4.69) is 78.5 Å². The highest BCUT2D eigenvalue weighted by Gasteiger charge is 2.04. The Bertz CT molecular complexity index is 747. The number of aryl methyl sites for hydroxylation is 1. The van der Waals surface area contributed by atoms with Crippen molar-refractivity contribution in [1.82, 2.24) is 10.6 Å². The lowest BCUT2D eigenvalue weighted by Gasteiger charge is -2.14. The molecule has 0 spiro atoms. The number of rotatable bonds is 10. The molecule has 2 aromatic carbocycles. The van der Waals surface area contributed by atoms with Gasteiger partial charge in [0.2, 0.25) is 0 Å². The number of methoxy groups -OCH3 is 1. The van der Waals surface area contributed by atoms with Crippen LogP contribution in [-0.2, 0) is 17.8 Å². The third-order valence-corrected chi connectivity index (χ3v) is 5.06. The van der Waals surface area contributed by atoms with E-state index in [0.29, 0.717) is 13.2 Å². The maximum absolute atomic E-state index is 5.05. The number of aliphatic imine (C=N–C) groups is 1. The second-order valence-electron chi connectivity index (χ2n) is 6.48. The van der Waals surface area contributed by atoms with Crippen molar-refractivity contribution in [1.29, 1.82) is 0 Å². The lowest BCUT2D eigenvalue weighted by Crippen LogP contribution is -2.36. The van der Waals surface area contributed by atoms with Crippen molar-refractivity contribution in [3.8, 4) is 0 Å². The topological polar surface area (TPSA) is 57.7 Å². The van der Waals surface area contributed by atoms with Gasteiger partial charge in [0, 0.05) is 37.3 Å². The minimum atomic E-state index is 0.636. The maximum Gasteiger partial charge on any atom is 0.191 e. The molecule has 2 aromatic rings. The predicted octanol–water partition coefficient (Wildman–Crippen LogP) is 4.03. The molecule has 0 heterocycles. The fraction of sp³-hybridized carbons (Fsp3) is 0.409. The summed E-state index contributed by atoms with van der Waals surface area (Å²) in [6, 6.07) is 14.9. The van der Waals surface area contributed by atoms with Gasteiger partial charge < -0.3 is 20.7 Å².